The molecule has 1 heterocycles. The van der Waals surface area contributed by atoms with Crippen LogP contribution in [0.4, 0.5) is 0 Å². The standard InChI is InChI=1S/C17H30N2O3/c1-17(2)15-11(16(17)22)6-5-9-19(15)14(21)10-18(3)12-7-4-8-13(12)20/h11-13,15-16,20,22H,4-10H2,1-3H3/t11-,12+,13+,15+,16-/m0/s1. The molecule has 2 N–H and O–H groups in total. The number of nitrogens with zero attached hydrogens (tertiary/aromatic N) is 2. The first-order valence-corrected chi connectivity index (χ1v) is 8.70. The summed E-state index contributed by atoms with van der Waals surface area (Å²) in [5.41, 5.74) is -0.202. The van der Waals surface area contributed by atoms with Gasteiger partial charge in [-0.25, -0.2) is 0 Å². The molecular formula is C17H30N2O3. The van der Waals surface area contributed by atoms with Gasteiger partial charge in [0.15, 0.2) is 0 Å². The van der Waals surface area contributed by atoms with Crippen LogP contribution in [-0.2, 0) is 4.79 Å². The number of hydrogen-bond donors (Lipinski definition) is 2. The lowest BCUT2D eigenvalue weighted by Crippen LogP contribution is -2.71. The van der Waals surface area contributed by atoms with E-state index in [4.69, 9.17) is 0 Å². The van der Waals surface area contributed by atoms with E-state index in [1.54, 1.807) is 0 Å². The minimum Gasteiger partial charge on any atom is -0.392 e. The molecule has 0 aromatic rings. The van der Waals surface area contributed by atoms with Crippen molar-refractivity contribution in [3.63, 3.8) is 0 Å². The topological polar surface area (TPSA) is 64.0 Å². The molecule has 1 amide bonds. The van der Waals surface area contributed by atoms with Crippen LogP contribution in [0, 0.1) is 11.3 Å². The number of hydrogen-bond acceptors (Lipinski definition) is 4. The molecule has 2 aliphatic carbocycles. The predicted molar refractivity (Wildman–Crippen MR) is 84.3 cm³/mol. The van der Waals surface area contributed by atoms with Crippen LogP contribution in [0.2, 0.25) is 0 Å². The molecule has 5 atom stereocenters. The van der Waals surface area contributed by atoms with Gasteiger partial charge in [-0.1, -0.05) is 13.8 Å². The molecule has 0 aromatic carbocycles. The van der Waals surface area contributed by atoms with Crippen molar-refractivity contribution < 1.29 is 15.0 Å². The van der Waals surface area contributed by atoms with Crippen molar-refractivity contribution in [2.75, 3.05) is 20.1 Å². The summed E-state index contributed by atoms with van der Waals surface area (Å²) in [6.45, 7) is 5.30. The average molecular weight is 310 g/mol. The fourth-order valence-corrected chi connectivity index (χ4v) is 5.05. The number of carbonyl (C=O) groups is 1. The number of aliphatic hydroxyl groups is 2. The fourth-order valence-electron chi connectivity index (χ4n) is 5.05. The minimum absolute atomic E-state index is 0.115. The van der Waals surface area contributed by atoms with E-state index < -0.39 is 0 Å². The molecule has 1 saturated heterocycles. The van der Waals surface area contributed by atoms with Gasteiger partial charge in [0.25, 0.3) is 0 Å². The highest BCUT2D eigenvalue weighted by Crippen LogP contribution is 2.52. The molecule has 22 heavy (non-hydrogen) atoms. The van der Waals surface area contributed by atoms with E-state index in [9.17, 15) is 15.0 Å². The van der Waals surface area contributed by atoms with Crippen LogP contribution in [0.5, 0.6) is 0 Å². The molecule has 0 aromatic heterocycles. The Labute approximate surface area is 133 Å². The highest BCUT2D eigenvalue weighted by molar-refractivity contribution is 5.79. The first-order chi connectivity index (χ1) is 10.3. The molecule has 3 fully saturated rings. The second kappa shape index (κ2) is 5.77. The van der Waals surface area contributed by atoms with Gasteiger partial charge in [0.2, 0.25) is 5.91 Å². The first kappa shape index (κ1) is 16.2. The Kier molecular flexibility index (Phi) is 4.25. The van der Waals surface area contributed by atoms with Gasteiger partial charge < -0.3 is 15.1 Å². The zero-order valence-corrected chi connectivity index (χ0v) is 14.0. The summed E-state index contributed by atoms with van der Waals surface area (Å²) in [4.78, 5) is 16.8. The maximum Gasteiger partial charge on any atom is 0.237 e. The van der Waals surface area contributed by atoms with E-state index in [0.717, 1.165) is 38.6 Å². The molecule has 1 aliphatic heterocycles. The summed E-state index contributed by atoms with van der Waals surface area (Å²) in [5, 5.41) is 20.3. The summed E-state index contributed by atoms with van der Waals surface area (Å²) in [6.07, 6.45) is 4.28. The van der Waals surface area contributed by atoms with Crippen molar-refractivity contribution in [3.05, 3.63) is 0 Å². The van der Waals surface area contributed by atoms with Crippen LogP contribution in [0.15, 0.2) is 0 Å². The molecule has 0 radical (unpaired) electrons. The first-order valence-electron chi connectivity index (χ1n) is 8.70. The van der Waals surface area contributed by atoms with Crippen molar-refractivity contribution in [1.29, 1.82) is 0 Å². The molecule has 0 unspecified atom stereocenters. The monoisotopic (exact) mass is 310 g/mol. The third-order valence-electron chi connectivity index (χ3n) is 6.32. The molecular weight excluding hydrogens is 280 g/mol. The summed E-state index contributed by atoms with van der Waals surface area (Å²) in [6, 6.07) is 0.287. The average Bonchev–Trinajstić information content (AvgIpc) is 2.92. The van der Waals surface area contributed by atoms with E-state index in [1.807, 2.05) is 16.8 Å². The maximum absolute atomic E-state index is 12.8. The molecule has 126 valence electrons. The fraction of sp³-hybridized carbons (Fsp3) is 0.941. The van der Waals surface area contributed by atoms with Crippen LogP contribution in [0.3, 0.4) is 0 Å². The van der Waals surface area contributed by atoms with Gasteiger partial charge in [0.1, 0.15) is 0 Å². The molecule has 0 bridgehead atoms. The molecule has 3 rings (SSSR count). The number of rotatable bonds is 3. The Morgan fingerprint density at radius 2 is 1.95 bits per heavy atom. The van der Waals surface area contributed by atoms with Gasteiger partial charge in [0, 0.05) is 30.0 Å². The molecule has 0 spiro atoms. The van der Waals surface area contributed by atoms with Crippen molar-refractivity contribution in [1.82, 2.24) is 9.80 Å². The van der Waals surface area contributed by atoms with Crippen molar-refractivity contribution >= 4 is 5.91 Å². The van der Waals surface area contributed by atoms with Crippen molar-refractivity contribution in [3.8, 4) is 0 Å². The van der Waals surface area contributed by atoms with Crippen LogP contribution >= 0.6 is 0 Å². The number of amides is 1. The summed E-state index contributed by atoms with van der Waals surface area (Å²) in [7, 11) is 1.94. The smallest absolute Gasteiger partial charge is 0.237 e. The van der Waals surface area contributed by atoms with Crippen LogP contribution in [-0.4, -0.2) is 70.3 Å². The molecule has 2 saturated carbocycles. The Balaban J connectivity index is 1.64. The highest BCUT2D eigenvalue weighted by Gasteiger charge is 2.59. The summed E-state index contributed by atoms with van der Waals surface area (Å²) >= 11 is 0. The van der Waals surface area contributed by atoms with E-state index in [2.05, 4.69) is 13.8 Å². The number of likely N-dealkylation sites (tertiary alicyclic amines) is 1. The van der Waals surface area contributed by atoms with Gasteiger partial charge in [-0.15, -0.1) is 0 Å². The minimum atomic E-state index is -0.297. The number of likely N-dealkylation sites (N-methyl/N-ethyl adjacent to an activating group) is 1. The lowest BCUT2D eigenvalue weighted by molar-refractivity contribution is -0.197. The number of piperidine rings is 1. The van der Waals surface area contributed by atoms with Gasteiger partial charge in [-0.3, -0.25) is 9.69 Å². The van der Waals surface area contributed by atoms with E-state index >= 15 is 0 Å². The van der Waals surface area contributed by atoms with Gasteiger partial charge in [0.05, 0.1) is 18.8 Å². The Bertz CT molecular complexity index is 440. The zero-order valence-electron chi connectivity index (χ0n) is 14.0. The molecule has 3 aliphatic rings. The van der Waals surface area contributed by atoms with Crippen LogP contribution in [0.25, 0.3) is 0 Å². The van der Waals surface area contributed by atoms with Crippen LogP contribution in [0.1, 0.15) is 46.0 Å². The maximum atomic E-state index is 12.8. The van der Waals surface area contributed by atoms with Crippen molar-refractivity contribution in [2.45, 2.75) is 70.2 Å². The quantitative estimate of drug-likeness (QED) is 0.811. The van der Waals surface area contributed by atoms with E-state index in [-0.39, 0.29) is 41.5 Å². The lowest BCUT2D eigenvalue weighted by Gasteiger charge is -2.62. The third-order valence-corrected chi connectivity index (χ3v) is 6.32. The Morgan fingerprint density at radius 1 is 1.23 bits per heavy atom. The van der Waals surface area contributed by atoms with Gasteiger partial charge >= 0.3 is 0 Å². The molecule has 5 nitrogen and oxygen atoms in total. The number of carbonyl (C=O) groups excluding carboxylic acids is 1. The normalized spacial score (nSPS) is 40.5. The lowest BCUT2D eigenvalue weighted by atomic mass is 9.54. The highest BCUT2D eigenvalue weighted by atomic mass is 16.3. The summed E-state index contributed by atoms with van der Waals surface area (Å²) < 4.78 is 0. The SMILES string of the molecule is CN(CC(=O)N1CCC[C@@H]2[C@H](O)C(C)(C)[C@@H]21)[C@@H]1CCC[C@H]1O. The van der Waals surface area contributed by atoms with Crippen molar-refractivity contribution in [2.24, 2.45) is 11.3 Å². The Morgan fingerprint density at radius 3 is 2.59 bits per heavy atom. The van der Waals surface area contributed by atoms with E-state index in [0.29, 0.717) is 6.54 Å². The second-order valence-electron chi connectivity index (χ2n) is 8.08. The number of aliphatic hydroxyl groups excluding tert-OH is 2. The largest absolute Gasteiger partial charge is 0.392 e. The van der Waals surface area contributed by atoms with Gasteiger partial charge in [-0.2, -0.15) is 0 Å². The molecule has 5 heteroatoms. The van der Waals surface area contributed by atoms with Crippen LogP contribution < -0.4 is 0 Å². The summed E-state index contributed by atoms with van der Waals surface area (Å²) in [5.74, 6) is 0.395. The third kappa shape index (κ3) is 2.47. The number of fused-ring (bicyclic) bond motifs is 1. The van der Waals surface area contributed by atoms with Gasteiger partial charge in [-0.05, 0) is 39.2 Å². The second-order valence-corrected chi connectivity index (χ2v) is 8.08. The predicted octanol–water partition coefficient (Wildman–Crippen LogP) is 0.839. The zero-order chi connectivity index (χ0) is 16.1. The van der Waals surface area contributed by atoms with E-state index in [1.165, 1.54) is 0 Å². The Hall–Kier alpha value is -0.650.